The van der Waals surface area contributed by atoms with Crippen molar-refractivity contribution in [1.82, 2.24) is 4.98 Å². The molecule has 0 saturated carbocycles. The molecule has 1 heterocycles. The van der Waals surface area contributed by atoms with E-state index in [2.05, 4.69) is 11.1 Å². The van der Waals surface area contributed by atoms with Gasteiger partial charge in [0.25, 0.3) is 0 Å². The lowest BCUT2D eigenvalue weighted by Crippen LogP contribution is -2.01. The fourth-order valence-corrected chi connectivity index (χ4v) is 2.41. The molecule has 0 N–H and O–H groups in total. The van der Waals surface area contributed by atoms with Crippen LogP contribution in [0.4, 0.5) is 0 Å². The first-order valence-corrected chi connectivity index (χ1v) is 6.71. The van der Waals surface area contributed by atoms with E-state index in [1.807, 2.05) is 30.3 Å². The molecule has 0 atom stereocenters. The number of hydrogen-bond donors (Lipinski definition) is 0. The summed E-state index contributed by atoms with van der Waals surface area (Å²) in [7, 11) is 1.35. The van der Waals surface area contributed by atoms with Gasteiger partial charge in [-0.05, 0) is 29.7 Å². The van der Waals surface area contributed by atoms with Crippen molar-refractivity contribution in [3.63, 3.8) is 0 Å². The molecule has 0 aliphatic carbocycles. The lowest BCUT2D eigenvalue weighted by molar-refractivity contribution is 0.0601. The van der Waals surface area contributed by atoms with Crippen LogP contribution in [-0.4, -0.2) is 18.1 Å². The minimum absolute atomic E-state index is 0.398. The van der Waals surface area contributed by atoms with E-state index in [-0.39, 0.29) is 0 Å². The second-order valence-electron chi connectivity index (χ2n) is 4.74. The Morgan fingerprint density at radius 3 is 2.77 bits per heavy atom. The second-order valence-corrected chi connectivity index (χ2v) is 4.74. The molecule has 2 aromatic carbocycles. The van der Waals surface area contributed by atoms with Crippen molar-refractivity contribution in [1.29, 1.82) is 5.26 Å². The summed E-state index contributed by atoms with van der Waals surface area (Å²) >= 11 is 0. The van der Waals surface area contributed by atoms with E-state index in [0.29, 0.717) is 16.8 Å². The van der Waals surface area contributed by atoms with Crippen LogP contribution in [0.25, 0.3) is 22.0 Å². The van der Waals surface area contributed by atoms with Gasteiger partial charge in [-0.3, -0.25) is 4.98 Å². The molecule has 0 amide bonds. The van der Waals surface area contributed by atoms with Gasteiger partial charge in [-0.15, -0.1) is 0 Å². The summed E-state index contributed by atoms with van der Waals surface area (Å²) in [5.41, 5.74) is 2.43. The molecule has 0 fully saturated rings. The number of nitriles is 1. The van der Waals surface area contributed by atoms with Crippen molar-refractivity contribution in [2.45, 2.75) is 0 Å². The zero-order valence-electron chi connectivity index (χ0n) is 11.9. The maximum Gasteiger partial charge on any atom is 0.337 e. The molecule has 0 radical (unpaired) electrons. The molecule has 4 heteroatoms. The number of ether oxygens (including phenoxy) is 1. The Kier molecular flexibility index (Phi) is 3.55. The molecule has 1 aromatic heterocycles. The van der Waals surface area contributed by atoms with Gasteiger partial charge in [0, 0.05) is 17.1 Å². The molecule has 0 aliphatic heterocycles. The fourth-order valence-electron chi connectivity index (χ4n) is 2.41. The summed E-state index contributed by atoms with van der Waals surface area (Å²) in [6, 6.07) is 16.6. The van der Waals surface area contributed by atoms with E-state index in [1.54, 1.807) is 24.4 Å². The SMILES string of the molecule is COC(=O)c1ccc2ccnc(-c3ccccc3C#N)c2c1. The minimum atomic E-state index is -0.398. The van der Waals surface area contributed by atoms with Gasteiger partial charge in [0.1, 0.15) is 0 Å². The van der Waals surface area contributed by atoms with Gasteiger partial charge in [-0.2, -0.15) is 5.26 Å². The van der Waals surface area contributed by atoms with Crippen LogP contribution in [0.1, 0.15) is 15.9 Å². The highest BCUT2D eigenvalue weighted by atomic mass is 16.5. The number of rotatable bonds is 2. The lowest BCUT2D eigenvalue weighted by atomic mass is 9.98. The topological polar surface area (TPSA) is 63.0 Å². The van der Waals surface area contributed by atoms with Crippen molar-refractivity contribution in [2.75, 3.05) is 7.11 Å². The number of nitrogens with zero attached hydrogens (tertiary/aromatic N) is 2. The average Bonchev–Trinajstić information content (AvgIpc) is 2.60. The van der Waals surface area contributed by atoms with Gasteiger partial charge in [0.2, 0.25) is 0 Å². The molecule has 22 heavy (non-hydrogen) atoms. The van der Waals surface area contributed by atoms with Gasteiger partial charge in [-0.1, -0.05) is 24.3 Å². The van der Waals surface area contributed by atoms with Gasteiger partial charge < -0.3 is 4.74 Å². The normalized spacial score (nSPS) is 10.2. The smallest absolute Gasteiger partial charge is 0.337 e. The molecular formula is C18H12N2O2. The molecule has 0 bridgehead atoms. The Hall–Kier alpha value is -3.19. The molecule has 3 rings (SSSR count). The first-order chi connectivity index (χ1) is 10.7. The van der Waals surface area contributed by atoms with Gasteiger partial charge >= 0.3 is 5.97 Å². The molecule has 4 nitrogen and oxygen atoms in total. The molecule has 0 unspecified atom stereocenters. The quantitative estimate of drug-likeness (QED) is 0.676. The predicted molar refractivity (Wildman–Crippen MR) is 83.2 cm³/mol. The number of fused-ring (bicyclic) bond motifs is 1. The number of esters is 1. The summed E-state index contributed by atoms with van der Waals surface area (Å²) in [6.07, 6.45) is 1.70. The van der Waals surface area contributed by atoms with Crippen molar-refractivity contribution in [3.8, 4) is 17.3 Å². The number of aromatic nitrogens is 1. The van der Waals surface area contributed by atoms with E-state index in [1.165, 1.54) is 7.11 Å². The third-order valence-electron chi connectivity index (χ3n) is 3.49. The van der Waals surface area contributed by atoms with Crippen molar-refractivity contribution >= 4 is 16.7 Å². The highest BCUT2D eigenvalue weighted by Crippen LogP contribution is 2.29. The van der Waals surface area contributed by atoms with Crippen molar-refractivity contribution in [3.05, 3.63) is 65.9 Å². The van der Waals surface area contributed by atoms with Crippen LogP contribution in [0.5, 0.6) is 0 Å². The van der Waals surface area contributed by atoms with E-state index < -0.39 is 5.97 Å². The Morgan fingerprint density at radius 2 is 2.00 bits per heavy atom. The van der Waals surface area contributed by atoms with Crippen LogP contribution in [0.3, 0.4) is 0 Å². The minimum Gasteiger partial charge on any atom is -0.465 e. The molecule has 0 aliphatic rings. The van der Waals surface area contributed by atoms with E-state index >= 15 is 0 Å². The summed E-state index contributed by atoms with van der Waals surface area (Å²) < 4.78 is 4.76. The van der Waals surface area contributed by atoms with Crippen LogP contribution in [0.15, 0.2) is 54.7 Å². The number of benzene rings is 2. The zero-order chi connectivity index (χ0) is 15.5. The fraction of sp³-hybridized carbons (Fsp3) is 0.0556. The van der Waals surface area contributed by atoms with Gasteiger partial charge in [-0.25, -0.2) is 4.79 Å². The molecule has 106 valence electrons. The Morgan fingerprint density at radius 1 is 1.18 bits per heavy atom. The van der Waals surface area contributed by atoms with Crippen LogP contribution in [0, 0.1) is 11.3 Å². The summed E-state index contributed by atoms with van der Waals surface area (Å²) in [6.45, 7) is 0. The lowest BCUT2D eigenvalue weighted by Gasteiger charge is -2.08. The maximum absolute atomic E-state index is 11.7. The van der Waals surface area contributed by atoms with Crippen LogP contribution < -0.4 is 0 Å². The summed E-state index contributed by atoms with van der Waals surface area (Å²) in [5, 5.41) is 11.0. The monoisotopic (exact) mass is 288 g/mol. The Bertz CT molecular complexity index is 910. The second kappa shape index (κ2) is 5.66. The zero-order valence-corrected chi connectivity index (χ0v) is 11.9. The highest BCUT2D eigenvalue weighted by molar-refractivity contribution is 6.00. The van der Waals surface area contributed by atoms with Gasteiger partial charge in [0.15, 0.2) is 0 Å². The summed E-state index contributed by atoms with van der Waals surface area (Å²) in [4.78, 5) is 16.1. The Balaban J connectivity index is 2.30. The van der Waals surface area contributed by atoms with E-state index in [9.17, 15) is 10.1 Å². The molecule has 0 saturated heterocycles. The summed E-state index contributed by atoms with van der Waals surface area (Å²) in [5.74, 6) is -0.398. The highest BCUT2D eigenvalue weighted by Gasteiger charge is 2.12. The van der Waals surface area contributed by atoms with E-state index in [0.717, 1.165) is 16.3 Å². The average molecular weight is 288 g/mol. The number of carbonyl (C=O) groups is 1. The van der Waals surface area contributed by atoms with Crippen molar-refractivity contribution < 1.29 is 9.53 Å². The largest absolute Gasteiger partial charge is 0.465 e. The number of hydrogen-bond acceptors (Lipinski definition) is 4. The first kappa shape index (κ1) is 13.8. The van der Waals surface area contributed by atoms with Crippen LogP contribution >= 0.6 is 0 Å². The molecular weight excluding hydrogens is 276 g/mol. The Labute approximate surface area is 127 Å². The number of pyridine rings is 1. The van der Waals surface area contributed by atoms with Crippen LogP contribution in [0.2, 0.25) is 0 Å². The number of carbonyl (C=O) groups excluding carboxylic acids is 1. The number of methoxy groups -OCH3 is 1. The van der Waals surface area contributed by atoms with E-state index in [4.69, 9.17) is 4.74 Å². The third kappa shape index (κ3) is 2.29. The first-order valence-electron chi connectivity index (χ1n) is 6.71. The maximum atomic E-state index is 11.7. The molecule has 0 spiro atoms. The third-order valence-corrected chi connectivity index (χ3v) is 3.49. The molecule has 3 aromatic rings. The van der Waals surface area contributed by atoms with Crippen LogP contribution in [-0.2, 0) is 4.74 Å². The standard InChI is InChI=1S/C18H12N2O2/c1-22-18(21)13-7-6-12-8-9-20-17(16(12)10-13)15-5-3-2-4-14(15)11-19/h2-10H,1H3. The predicted octanol–water partition coefficient (Wildman–Crippen LogP) is 3.56. The van der Waals surface area contributed by atoms with Gasteiger partial charge in [0.05, 0.1) is 30.0 Å². The van der Waals surface area contributed by atoms with Crippen molar-refractivity contribution in [2.24, 2.45) is 0 Å².